The van der Waals surface area contributed by atoms with E-state index in [9.17, 15) is 4.79 Å². The van der Waals surface area contributed by atoms with Crippen LogP contribution in [-0.2, 0) is 0 Å². The first-order valence-corrected chi connectivity index (χ1v) is 8.57. The van der Waals surface area contributed by atoms with Crippen LogP contribution >= 0.6 is 11.8 Å². The van der Waals surface area contributed by atoms with E-state index in [-0.39, 0.29) is 5.78 Å². The summed E-state index contributed by atoms with van der Waals surface area (Å²) in [5.74, 6) is 1.07. The normalized spacial score (nSPS) is 10.6. The fraction of sp³-hybridized carbons (Fsp3) is 0.158. The van der Waals surface area contributed by atoms with Crippen molar-refractivity contribution in [1.29, 1.82) is 0 Å². The van der Waals surface area contributed by atoms with Crippen LogP contribution in [0.4, 0.5) is 0 Å². The Labute approximate surface area is 145 Å². The summed E-state index contributed by atoms with van der Waals surface area (Å²) >= 11 is 1.44. The zero-order chi connectivity index (χ0) is 16.9. The summed E-state index contributed by atoms with van der Waals surface area (Å²) in [7, 11) is 1.59. The Morgan fingerprint density at radius 3 is 2.83 bits per heavy atom. The molecular formula is C19H18N2O2S. The molecule has 24 heavy (non-hydrogen) atoms. The van der Waals surface area contributed by atoms with E-state index in [0.717, 1.165) is 16.4 Å². The van der Waals surface area contributed by atoms with E-state index >= 15 is 0 Å². The van der Waals surface area contributed by atoms with Gasteiger partial charge in [-0.05, 0) is 30.7 Å². The number of para-hydroxylation sites is 1. The van der Waals surface area contributed by atoms with Gasteiger partial charge in [-0.15, -0.1) is 0 Å². The predicted octanol–water partition coefficient (Wildman–Crippen LogP) is 4.16. The summed E-state index contributed by atoms with van der Waals surface area (Å²) in [6.45, 7) is 2.06. The van der Waals surface area contributed by atoms with Crippen molar-refractivity contribution < 1.29 is 9.53 Å². The fourth-order valence-corrected chi connectivity index (χ4v) is 3.28. The number of thioether (sulfide) groups is 1. The molecule has 1 heterocycles. The number of imidazole rings is 1. The van der Waals surface area contributed by atoms with Crippen molar-refractivity contribution in [3.63, 3.8) is 0 Å². The van der Waals surface area contributed by atoms with Crippen LogP contribution in [0.1, 0.15) is 15.9 Å². The number of carbonyl (C=O) groups is 1. The van der Waals surface area contributed by atoms with E-state index < -0.39 is 0 Å². The average molecular weight is 338 g/mol. The van der Waals surface area contributed by atoms with Gasteiger partial charge < -0.3 is 4.74 Å². The maximum Gasteiger partial charge on any atom is 0.173 e. The first-order valence-electron chi connectivity index (χ1n) is 7.58. The lowest BCUT2D eigenvalue weighted by molar-refractivity contribution is 0.102. The van der Waals surface area contributed by atoms with Gasteiger partial charge in [0.15, 0.2) is 10.9 Å². The number of aryl methyl sites for hydroxylation is 1. The van der Waals surface area contributed by atoms with E-state index in [2.05, 4.69) is 18.0 Å². The number of ketones is 1. The highest BCUT2D eigenvalue weighted by Gasteiger charge is 2.12. The Bertz CT molecular complexity index is 858. The predicted molar refractivity (Wildman–Crippen MR) is 96.3 cm³/mol. The molecule has 3 aromatic rings. The molecule has 4 nitrogen and oxygen atoms in total. The second-order valence-electron chi connectivity index (χ2n) is 5.31. The molecule has 0 N–H and O–H groups in total. The highest BCUT2D eigenvalue weighted by molar-refractivity contribution is 7.99. The van der Waals surface area contributed by atoms with Crippen molar-refractivity contribution in [2.24, 2.45) is 0 Å². The van der Waals surface area contributed by atoms with Gasteiger partial charge in [-0.2, -0.15) is 0 Å². The number of Topliss-reactive ketones (excluding diaryl/α,β-unsaturated/α-hetero) is 1. The molecule has 0 saturated carbocycles. The number of rotatable bonds is 6. The zero-order valence-corrected chi connectivity index (χ0v) is 14.4. The summed E-state index contributed by atoms with van der Waals surface area (Å²) in [4.78, 5) is 16.8. The molecule has 0 amide bonds. The third-order valence-electron chi connectivity index (χ3n) is 3.71. The summed E-state index contributed by atoms with van der Waals surface area (Å²) in [5.41, 5.74) is 2.89. The number of aromatic nitrogens is 2. The smallest absolute Gasteiger partial charge is 0.173 e. The Morgan fingerprint density at radius 1 is 1.21 bits per heavy atom. The van der Waals surface area contributed by atoms with E-state index in [4.69, 9.17) is 4.74 Å². The fourth-order valence-electron chi connectivity index (χ4n) is 2.42. The third-order valence-corrected chi connectivity index (χ3v) is 4.67. The SMILES string of the molecule is COc1cccc(C(=O)CSc2nccn2-c2ccccc2C)c1. The van der Waals surface area contributed by atoms with Gasteiger partial charge in [0.05, 0.1) is 18.6 Å². The maximum absolute atomic E-state index is 12.4. The van der Waals surface area contributed by atoms with Gasteiger partial charge in [0, 0.05) is 18.0 Å². The maximum atomic E-state index is 12.4. The van der Waals surface area contributed by atoms with Gasteiger partial charge in [0.1, 0.15) is 5.75 Å². The van der Waals surface area contributed by atoms with E-state index in [1.54, 1.807) is 25.4 Å². The van der Waals surface area contributed by atoms with Crippen molar-refractivity contribution in [3.8, 4) is 11.4 Å². The molecule has 0 radical (unpaired) electrons. The van der Waals surface area contributed by atoms with Crippen molar-refractivity contribution in [3.05, 3.63) is 72.1 Å². The molecule has 0 aliphatic heterocycles. The summed E-state index contributed by atoms with van der Waals surface area (Å²) in [6.07, 6.45) is 3.67. The standard InChI is InChI=1S/C19H18N2O2S/c1-14-6-3-4-9-17(14)21-11-10-20-19(21)24-13-18(22)15-7-5-8-16(12-15)23-2/h3-12H,13H2,1-2H3. The number of hydrogen-bond donors (Lipinski definition) is 0. The second-order valence-corrected chi connectivity index (χ2v) is 6.25. The summed E-state index contributed by atoms with van der Waals surface area (Å²) in [6, 6.07) is 15.3. The summed E-state index contributed by atoms with van der Waals surface area (Å²) < 4.78 is 7.18. The third kappa shape index (κ3) is 3.51. The molecule has 0 bridgehead atoms. The van der Waals surface area contributed by atoms with Gasteiger partial charge in [0.25, 0.3) is 0 Å². The molecule has 1 aromatic heterocycles. The van der Waals surface area contributed by atoms with Gasteiger partial charge in [-0.25, -0.2) is 4.98 Å². The van der Waals surface area contributed by atoms with Crippen LogP contribution in [-0.4, -0.2) is 28.2 Å². The monoisotopic (exact) mass is 338 g/mol. The highest BCUT2D eigenvalue weighted by Crippen LogP contribution is 2.24. The molecule has 3 rings (SSSR count). The van der Waals surface area contributed by atoms with Crippen LogP contribution in [0.5, 0.6) is 5.75 Å². The van der Waals surface area contributed by atoms with E-state index in [1.165, 1.54) is 11.8 Å². The van der Waals surface area contributed by atoms with Crippen molar-refractivity contribution in [1.82, 2.24) is 9.55 Å². The average Bonchev–Trinajstić information content (AvgIpc) is 3.08. The van der Waals surface area contributed by atoms with Crippen molar-refractivity contribution in [2.75, 3.05) is 12.9 Å². The van der Waals surface area contributed by atoms with Crippen LogP contribution in [0.15, 0.2) is 66.1 Å². The molecular weight excluding hydrogens is 320 g/mol. The molecule has 0 fully saturated rings. The molecule has 0 aliphatic rings. The second kappa shape index (κ2) is 7.36. The van der Waals surface area contributed by atoms with Crippen LogP contribution in [0.3, 0.4) is 0 Å². The Hall–Kier alpha value is -2.53. The molecule has 0 atom stereocenters. The molecule has 0 spiro atoms. The van der Waals surface area contributed by atoms with Gasteiger partial charge in [0.2, 0.25) is 0 Å². The molecule has 0 aliphatic carbocycles. The lowest BCUT2D eigenvalue weighted by atomic mass is 10.1. The minimum absolute atomic E-state index is 0.0539. The van der Waals surface area contributed by atoms with Crippen LogP contribution in [0, 0.1) is 6.92 Å². The molecule has 5 heteroatoms. The van der Waals surface area contributed by atoms with Crippen molar-refractivity contribution >= 4 is 17.5 Å². The highest BCUT2D eigenvalue weighted by atomic mass is 32.2. The van der Waals surface area contributed by atoms with Crippen LogP contribution < -0.4 is 4.74 Å². The quantitative estimate of drug-likeness (QED) is 0.500. The Kier molecular flexibility index (Phi) is 5.01. The molecule has 2 aromatic carbocycles. The first-order chi connectivity index (χ1) is 11.7. The number of hydrogen-bond acceptors (Lipinski definition) is 4. The Balaban J connectivity index is 1.75. The molecule has 122 valence electrons. The number of methoxy groups -OCH3 is 1. The summed E-state index contributed by atoms with van der Waals surface area (Å²) in [5, 5.41) is 0.806. The lowest BCUT2D eigenvalue weighted by Crippen LogP contribution is -2.05. The number of nitrogens with zero attached hydrogens (tertiary/aromatic N) is 2. The largest absolute Gasteiger partial charge is 0.497 e. The number of benzene rings is 2. The van der Waals surface area contributed by atoms with Gasteiger partial charge >= 0.3 is 0 Å². The number of ether oxygens (including phenoxy) is 1. The molecule has 0 saturated heterocycles. The zero-order valence-electron chi connectivity index (χ0n) is 13.6. The Morgan fingerprint density at radius 2 is 2.04 bits per heavy atom. The number of carbonyl (C=O) groups excluding carboxylic acids is 1. The lowest BCUT2D eigenvalue weighted by Gasteiger charge is -2.10. The van der Waals surface area contributed by atoms with E-state index in [0.29, 0.717) is 17.1 Å². The minimum Gasteiger partial charge on any atom is -0.497 e. The topological polar surface area (TPSA) is 44.1 Å². The first kappa shape index (κ1) is 16.3. The van der Waals surface area contributed by atoms with Crippen molar-refractivity contribution in [2.45, 2.75) is 12.1 Å². The van der Waals surface area contributed by atoms with E-state index in [1.807, 2.05) is 41.1 Å². The van der Waals surface area contributed by atoms with Crippen LogP contribution in [0.2, 0.25) is 0 Å². The molecule has 0 unspecified atom stereocenters. The van der Waals surface area contributed by atoms with Crippen LogP contribution in [0.25, 0.3) is 5.69 Å². The van der Waals surface area contributed by atoms with Gasteiger partial charge in [-0.3, -0.25) is 9.36 Å². The van der Waals surface area contributed by atoms with Gasteiger partial charge in [-0.1, -0.05) is 42.1 Å². The minimum atomic E-state index is 0.0539.